The molecule has 0 saturated heterocycles. The summed E-state index contributed by atoms with van der Waals surface area (Å²) in [5, 5.41) is 13.4. The molecule has 3 rings (SSSR count). The Morgan fingerprint density at radius 2 is 2.15 bits per heavy atom. The molecule has 26 heavy (non-hydrogen) atoms. The van der Waals surface area contributed by atoms with Crippen LogP contribution < -0.4 is 10.1 Å². The zero-order valence-corrected chi connectivity index (χ0v) is 15.2. The number of aliphatic carboxylic acids is 1. The summed E-state index contributed by atoms with van der Waals surface area (Å²) in [6.07, 6.45) is 2.09. The molecule has 0 radical (unpaired) electrons. The zero-order valence-electron chi connectivity index (χ0n) is 14.4. The maximum Gasteiger partial charge on any atom is 0.303 e. The van der Waals surface area contributed by atoms with Gasteiger partial charge in [-0.25, -0.2) is 9.97 Å². The Bertz CT molecular complexity index is 976. The van der Waals surface area contributed by atoms with Crippen LogP contribution in [0.2, 0.25) is 5.02 Å². The van der Waals surface area contributed by atoms with E-state index in [1.807, 2.05) is 24.3 Å². The van der Waals surface area contributed by atoms with Crippen LogP contribution in [0.3, 0.4) is 0 Å². The molecular formula is C19H18ClN3O3. The summed E-state index contributed by atoms with van der Waals surface area (Å²) in [6, 6.07) is 9.28. The van der Waals surface area contributed by atoms with E-state index in [9.17, 15) is 4.79 Å². The van der Waals surface area contributed by atoms with Crippen molar-refractivity contribution in [1.29, 1.82) is 0 Å². The molecule has 0 saturated carbocycles. The van der Waals surface area contributed by atoms with Crippen molar-refractivity contribution in [1.82, 2.24) is 9.97 Å². The predicted octanol–water partition coefficient (Wildman–Crippen LogP) is 4.02. The highest BCUT2D eigenvalue weighted by molar-refractivity contribution is 6.31. The number of carboxylic acids is 1. The maximum absolute atomic E-state index is 11.1. The van der Waals surface area contributed by atoms with Gasteiger partial charge in [0.25, 0.3) is 0 Å². The molecule has 6 nitrogen and oxygen atoms in total. The fraction of sp³-hybridized carbons (Fsp3) is 0.211. The molecule has 1 heterocycles. The van der Waals surface area contributed by atoms with E-state index in [4.69, 9.17) is 21.4 Å². The minimum atomic E-state index is -0.858. The minimum absolute atomic E-state index is 0.0116. The van der Waals surface area contributed by atoms with E-state index in [-0.39, 0.29) is 6.42 Å². The van der Waals surface area contributed by atoms with Gasteiger partial charge in [0, 0.05) is 30.1 Å². The van der Waals surface area contributed by atoms with Crippen LogP contribution in [-0.2, 0) is 11.2 Å². The van der Waals surface area contributed by atoms with Gasteiger partial charge >= 0.3 is 5.97 Å². The second kappa shape index (κ2) is 7.58. The molecule has 0 bridgehead atoms. The maximum atomic E-state index is 11.1. The first-order valence-corrected chi connectivity index (χ1v) is 8.43. The Morgan fingerprint density at radius 1 is 1.35 bits per heavy atom. The molecule has 0 fully saturated rings. The summed E-state index contributed by atoms with van der Waals surface area (Å²) in [6.45, 7) is 0. The van der Waals surface area contributed by atoms with E-state index in [1.54, 1.807) is 26.4 Å². The smallest absolute Gasteiger partial charge is 0.303 e. The topological polar surface area (TPSA) is 84.3 Å². The van der Waals surface area contributed by atoms with E-state index < -0.39 is 5.97 Å². The summed E-state index contributed by atoms with van der Waals surface area (Å²) in [7, 11) is 3.31. The lowest BCUT2D eigenvalue weighted by atomic mass is 9.92. The van der Waals surface area contributed by atoms with Crippen molar-refractivity contribution in [2.45, 2.75) is 12.8 Å². The Kier molecular flexibility index (Phi) is 5.23. The SMILES string of the molecule is CNc1ncc2c(-c3cccc(Cl)c3)c(CCC(=O)O)cc(OC)c2n1. The van der Waals surface area contributed by atoms with Crippen molar-refractivity contribution in [3.63, 3.8) is 0 Å². The van der Waals surface area contributed by atoms with Crippen molar-refractivity contribution in [2.75, 3.05) is 19.5 Å². The molecule has 134 valence electrons. The predicted molar refractivity (Wildman–Crippen MR) is 102 cm³/mol. The number of nitrogens with one attached hydrogen (secondary N) is 1. The number of hydrogen-bond acceptors (Lipinski definition) is 5. The fourth-order valence-corrected chi connectivity index (χ4v) is 3.11. The number of ether oxygens (including phenoxy) is 1. The number of anilines is 1. The van der Waals surface area contributed by atoms with Gasteiger partial charge in [-0.2, -0.15) is 0 Å². The average Bonchev–Trinajstić information content (AvgIpc) is 2.64. The molecular weight excluding hydrogens is 354 g/mol. The molecule has 7 heteroatoms. The fourth-order valence-electron chi connectivity index (χ4n) is 2.92. The molecule has 3 aromatic rings. The molecule has 2 N–H and O–H groups in total. The van der Waals surface area contributed by atoms with Gasteiger partial charge in [-0.1, -0.05) is 23.7 Å². The molecule has 0 aliphatic rings. The van der Waals surface area contributed by atoms with Gasteiger partial charge in [0.2, 0.25) is 5.95 Å². The number of fused-ring (bicyclic) bond motifs is 1. The van der Waals surface area contributed by atoms with Gasteiger partial charge in [-0.3, -0.25) is 4.79 Å². The second-order valence-electron chi connectivity index (χ2n) is 5.72. The molecule has 2 aromatic carbocycles. The number of carbonyl (C=O) groups is 1. The Labute approximate surface area is 155 Å². The first-order valence-electron chi connectivity index (χ1n) is 8.05. The normalized spacial score (nSPS) is 10.7. The number of methoxy groups -OCH3 is 1. The van der Waals surface area contributed by atoms with Crippen LogP contribution in [0.5, 0.6) is 5.75 Å². The highest BCUT2D eigenvalue weighted by Gasteiger charge is 2.17. The van der Waals surface area contributed by atoms with Crippen molar-refractivity contribution >= 4 is 34.4 Å². The van der Waals surface area contributed by atoms with E-state index in [1.165, 1.54) is 0 Å². The summed E-state index contributed by atoms with van der Waals surface area (Å²) in [5.74, 6) is 0.194. The summed E-state index contributed by atoms with van der Waals surface area (Å²) in [5.41, 5.74) is 3.25. The van der Waals surface area contributed by atoms with Crippen LogP contribution in [0.25, 0.3) is 22.0 Å². The first-order chi connectivity index (χ1) is 12.5. The van der Waals surface area contributed by atoms with E-state index in [0.29, 0.717) is 28.7 Å². The summed E-state index contributed by atoms with van der Waals surface area (Å²) in [4.78, 5) is 19.9. The number of aromatic nitrogens is 2. The second-order valence-corrected chi connectivity index (χ2v) is 6.16. The van der Waals surface area contributed by atoms with Crippen LogP contribution in [0, 0.1) is 0 Å². The minimum Gasteiger partial charge on any atom is -0.494 e. The van der Waals surface area contributed by atoms with Gasteiger partial charge in [0.15, 0.2) is 0 Å². The molecule has 0 aliphatic heterocycles. The monoisotopic (exact) mass is 371 g/mol. The van der Waals surface area contributed by atoms with Crippen LogP contribution in [-0.4, -0.2) is 35.2 Å². The molecule has 0 spiro atoms. The first kappa shape index (κ1) is 17.9. The Balaban J connectivity index is 2.32. The van der Waals surface area contributed by atoms with Crippen molar-refractivity contribution in [3.05, 3.63) is 47.1 Å². The zero-order chi connectivity index (χ0) is 18.7. The highest BCUT2D eigenvalue weighted by Crippen LogP contribution is 2.38. The van der Waals surface area contributed by atoms with Gasteiger partial charge in [0.05, 0.1) is 7.11 Å². The average molecular weight is 372 g/mol. The van der Waals surface area contributed by atoms with Crippen molar-refractivity contribution < 1.29 is 14.6 Å². The number of aryl methyl sites for hydroxylation is 1. The third-order valence-electron chi connectivity index (χ3n) is 4.08. The number of halogens is 1. The summed E-state index contributed by atoms with van der Waals surface area (Å²) < 4.78 is 5.50. The van der Waals surface area contributed by atoms with Gasteiger partial charge < -0.3 is 15.2 Å². The number of rotatable bonds is 6. The van der Waals surface area contributed by atoms with Gasteiger partial charge in [0.1, 0.15) is 11.3 Å². The molecule has 0 unspecified atom stereocenters. The largest absolute Gasteiger partial charge is 0.494 e. The van der Waals surface area contributed by atoms with Crippen LogP contribution >= 0.6 is 11.6 Å². The number of hydrogen-bond donors (Lipinski definition) is 2. The lowest BCUT2D eigenvalue weighted by Crippen LogP contribution is -2.03. The lowest BCUT2D eigenvalue weighted by Gasteiger charge is -2.16. The number of nitrogens with zero attached hydrogens (tertiary/aromatic N) is 2. The van der Waals surface area contributed by atoms with Crippen LogP contribution in [0.1, 0.15) is 12.0 Å². The van der Waals surface area contributed by atoms with Crippen LogP contribution in [0.15, 0.2) is 36.5 Å². The Hall–Kier alpha value is -2.86. The lowest BCUT2D eigenvalue weighted by molar-refractivity contribution is -0.136. The number of carboxylic acid groups (broad SMARTS) is 1. The van der Waals surface area contributed by atoms with Gasteiger partial charge in [-0.05, 0) is 41.3 Å². The van der Waals surface area contributed by atoms with Crippen LogP contribution in [0.4, 0.5) is 5.95 Å². The van der Waals surface area contributed by atoms with Crippen molar-refractivity contribution in [3.8, 4) is 16.9 Å². The molecule has 1 aromatic heterocycles. The third kappa shape index (κ3) is 3.55. The quantitative estimate of drug-likeness (QED) is 0.680. The third-order valence-corrected chi connectivity index (χ3v) is 4.32. The molecule has 0 amide bonds. The molecule has 0 aliphatic carbocycles. The van der Waals surface area contributed by atoms with Crippen molar-refractivity contribution in [2.24, 2.45) is 0 Å². The van der Waals surface area contributed by atoms with E-state index in [0.717, 1.165) is 22.1 Å². The standard InChI is InChI=1S/C19H18ClN3O3/c1-21-19-22-10-14-17(11-4-3-5-13(20)8-11)12(6-7-16(24)25)9-15(26-2)18(14)23-19/h3-5,8-10H,6-7H2,1-2H3,(H,24,25)(H,21,22,23). The Morgan fingerprint density at radius 3 is 2.81 bits per heavy atom. The highest BCUT2D eigenvalue weighted by atomic mass is 35.5. The number of benzene rings is 2. The van der Waals surface area contributed by atoms with E-state index >= 15 is 0 Å². The van der Waals surface area contributed by atoms with E-state index in [2.05, 4.69) is 15.3 Å². The molecule has 0 atom stereocenters. The van der Waals surface area contributed by atoms with Gasteiger partial charge in [-0.15, -0.1) is 0 Å². The summed E-state index contributed by atoms with van der Waals surface area (Å²) >= 11 is 6.17.